The molecule has 1 atom stereocenters. The Morgan fingerprint density at radius 2 is 1.68 bits per heavy atom. The molecule has 7 nitrogen and oxygen atoms in total. The van der Waals surface area contributed by atoms with Gasteiger partial charge in [-0.3, -0.25) is 9.59 Å². The molecule has 0 heterocycles. The first-order chi connectivity index (χ1) is 16.1. The lowest BCUT2D eigenvalue weighted by Crippen LogP contribution is -2.57. The van der Waals surface area contributed by atoms with E-state index < -0.39 is 16.1 Å². The van der Waals surface area contributed by atoms with Gasteiger partial charge in [-0.05, 0) is 86.8 Å². The molecule has 1 unspecified atom stereocenters. The van der Waals surface area contributed by atoms with E-state index >= 15 is 0 Å². The van der Waals surface area contributed by atoms with Crippen molar-refractivity contribution in [3.8, 4) is 0 Å². The van der Waals surface area contributed by atoms with Crippen LogP contribution in [0.25, 0.3) is 0 Å². The first-order valence-electron chi connectivity index (χ1n) is 12.8. The Morgan fingerprint density at radius 1 is 1.06 bits per heavy atom. The largest absolute Gasteiger partial charge is 0.344 e. The minimum atomic E-state index is -3.64. The molecular weight excluding hydrogens is 450 g/mol. The van der Waals surface area contributed by atoms with Crippen LogP contribution >= 0.6 is 0 Å². The monoisotopic (exact) mass is 489 g/mol. The molecule has 188 valence electrons. The van der Waals surface area contributed by atoms with E-state index in [1.54, 1.807) is 12.1 Å². The van der Waals surface area contributed by atoms with Gasteiger partial charge in [0.1, 0.15) is 6.04 Å². The van der Waals surface area contributed by atoms with Crippen molar-refractivity contribution in [2.75, 3.05) is 11.9 Å². The van der Waals surface area contributed by atoms with Crippen molar-refractivity contribution in [1.29, 1.82) is 0 Å². The molecule has 0 aromatic heterocycles. The third-order valence-electron chi connectivity index (χ3n) is 7.99. The van der Waals surface area contributed by atoms with Crippen LogP contribution in [0.2, 0.25) is 0 Å². The summed E-state index contributed by atoms with van der Waals surface area (Å²) in [6.45, 7) is 6.21. The first-order valence-corrected chi connectivity index (χ1v) is 14.3. The van der Waals surface area contributed by atoms with E-state index in [-0.39, 0.29) is 28.0 Å². The summed E-state index contributed by atoms with van der Waals surface area (Å²) in [4.78, 5) is 26.8. The van der Waals surface area contributed by atoms with Gasteiger partial charge >= 0.3 is 0 Å². The molecule has 34 heavy (non-hydrogen) atoms. The fourth-order valence-corrected chi connectivity index (χ4v) is 7.77. The van der Waals surface area contributed by atoms with Crippen molar-refractivity contribution in [2.24, 2.45) is 29.1 Å². The van der Waals surface area contributed by atoms with Gasteiger partial charge in [-0.25, -0.2) is 13.1 Å². The van der Waals surface area contributed by atoms with Crippen molar-refractivity contribution in [2.45, 2.75) is 83.1 Å². The van der Waals surface area contributed by atoms with Gasteiger partial charge in [-0.15, -0.1) is 0 Å². The van der Waals surface area contributed by atoms with Crippen LogP contribution in [-0.4, -0.2) is 32.8 Å². The molecule has 0 radical (unpaired) electrons. The lowest BCUT2D eigenvalue weighted by atomic mass is 9.49. The molecule has 0 saturated heterocycles. The topological polar surface area (TPSA) is 104 Å². The van der Waals surface area contributed by atoms with Crippen LogP contribution in [0.15, 0.2) is 29.2 Å². The number of rotatable bonds is 10. The average Bonchev–Trinajstić information content (AvgIpc) is 2.76. The molecule has 5 rings (SSSR count). The predicted molar refractivity (Wildman–Crippen MR) is 133 cm³/mol. The molecule has 0 aliphatic heterocycles. The lowest BCUT2D eigenvalue weighted by molar-refractivity contribution is -0.148. The summed E-state index contributed by atoms with van der Waals surface area (Å²) in [6.07, 6.45) is 8.26. The van der Waals surface area contributed by atoms with Crippen LogP contribution in [0.4, 0.5) is 5.69 Å². The van der Waals surface area contributed by atoms with Crippen molar-refractivity contribution < 1.29 is 18.0 Å². The zero-order valence-corrected chi connectivity index (χ0v) is 21.4. The normalized spacial score (nSPS) is 28.6. The molecule has 0 spiro atoms. The zero-order chi connectivity index (χ0) is 24.5. The van der Waals surface area contributed by atoms with Gasteiger partial charge in [0.15, 0.2) is 0 Å². The fraction of sp³-hybridized carbons (Fsp3) is 0.692. The Labute approximate surface area is 203 Å². The van der Waals surface area contributed by atoms with Gasteiger partial charge in [0.05, 0.1) is 4.90 Å². The summed E-state index contributed by atoms with van der Waals surface area (Å²) in [5, 5.41) is 5.93. The second kappa shape index (κ2) is 9.97. The van der Waals surface area contributed by atoms with Gasteiger partial charge < -0.3 is 10.6 Å². The number of amides is 2. The number of unbranched alkanes of at least 4 members (excludes halogenated alkanes) is 1. The Balaban J connectivity index is 1.43. The number of nitrogens with one attached hydrogen (secondary N) is 3. The maximum absolute atomic E-state index is 13.5. The van der Waals surface area contributed by atoms with Gasteiger partial charge in [0.25, 0.3) is 0 Å². The summed E-state index contributed by atoms with van der Waals surface area (Å²) in [7, 11) is -3.64. The van der Waals surface area contributed by atoms with E-state index in [2.05, 4.69) is 15.4 Å². The average molecular weight is 490 g/mol. The highest BCUT2D eigenvalue weighted by Gasteiger charge is 2.55. The number of hydrogen-bond donors (Lipinski definition) is 3. The Kier molecular flexibility index (Phi) is 7.38. The van der Waals surface area contributed by atoms with E-state index in [9.17, 15) is 18.0 Å². The van der Waals surface area contributed by atoms with Gasteiger partial charge in [-0.1, -0.05) is 33.3 Å². The fourth-order valence-electron chi connectivity index (χ4n) is 6.65. The van der Waals surface area contributed by atoms with Crippen LogP contribution in [0.1, 0.15) is 72.1 Å². The summed E-state index contributed by atoms with van der Waals surface area (Å²) < 4.78 is 27.7. The smallest absolute Gasteiger partial charge is 0.247 e. The number of benzene rings is 1. The molecular formula is C26H39N3O4S. The highest BCUT2D eigenvalue weighted by molar-refractivity contribution is 7.89. The number of hydrogen-bond acceptors (Lipinski definition) is 4. The Morgan fingerprint density at radius 3 is 2.24 bits per heavy atom. The molecule has 4 fully saturated rings. The maximum Gasteiger partial charge on any atom is 0.247 e. The summed E-state index contributed by atoms with van der Waals surface area (Å²) in [6, 6.07) is 5.58. The van der Waals surface area contributed by atoms with E-state index in [4.69, 9.17) is 0 Å². The van der Waals surface area contributed by atoms with Crippen LogP contribution in [-0.2, 0) is 19.6 Å². The van der Waals surface area contributed by atoms with E-state index in [0.717, 1.165) is 32.1 Å². The van der Waals surface area contributed by atoms with Crippen molar-refractivity contribution in [3.05, 3.63) is 24.3 Å². The van der Waals surface area contributed by atoms with E-state index in [1.807, 2.05) is 20.8 Å². The van der Waals surface area contributed by atoms with Gasteiger partial charge in [0, 0.05) is 17.6 Å². The number of sulfonamides is 1. The quantitative estimate of drug-likeness (QED) is 0.431. The first kappa shape index (κ1) is 25.2. The number of carbonyl (C=O) groups is 2. The highest BCUT2D eigenvalue weighted by Crippen LogP contribution is 2.60. The lowest BCUT2D eigenvalue weighted by Gasteiger charge is -2.55. The molecule has 4 saturated carbocycles. The molecule has 3 N–H and O–H groups in total. The van der Waals surface area contributed by atoms with Crippen LogP contribution in [0.3, 0.4) is 0 Å². The standard InChI is InChI=1S/C26H39N3O4S/c1-4-5-9-27-34(32,33)22-8-6-7-21(13-22)28-24(30)23(17(2)3)29-25(31)26-14-18-10-19(15-26)12-20(11-18)16-26/h6-8,13,17-20,23,27H,4-5,9-12,14-16H2,1-3H3,(H,28,30)(H,29,31). The molecule has 1 aromatic carbocycles. The summed E-state index contributed by atoms with van der Waals surface area (Å²) in [5.41, 5.74) is 0.0819. The minimum absolute atomic E-state index is 0.0249. The van der Waals surface area contributed by atoms with Gasteiger partial charge in [0.2, 0.25) is 21.8 Å². The predicted octanol–water partition coefficient (Wildman–Crippen LogP) is 4.06. The number of carbonyl (C=O) groups excluding carboxylic acids is 2. The van der Waals surface area contributed by atoms with Gasteiger partial charge in [-0.2, -0.15) is 0 Å². The second-order valence-corrected chi connectivity index (χ2v) is 12.9. The van der Waals surface area contributed by atoms with E-state index in [0.29, 0.717) is 30.0 Å². The van der Waals surface area contributed by atoms with Crippen LogP contribution in [0, 0.1) is 29.1 Å². The van der Waals surface area contributed by atoms with E-state index in [1.165, 1.54) is 31.4 Å². The molecule has 4 aliphatic carbocycles. The molecule has 4 aliphatic rings. The molecule has 2 amide bonds. The minimum Gasteiger partial charge on any atom is -0.344 e. The van der Waals surface area contributed by atoms with Crippen molar-refractivity contribution in [1.82, 2.24) is 10.0 Å². The van der Waals surface area contributed by atoms with Crippen molar-refractivity contribution in [3.63, 3.8) is 0 Å². The van der Waals surface area contributed by atoms with Crippen molar-refractivity contribution >= 4 is 27.5 Å². The van der Waals surface area contributed by atoms with Crippen LogP contribution < -0.4 is 15.4 Å². The zero-order valence-electron chi connectivity index (χ0n) is 20.6. The Bertz CT molecular complexity index is 985. The third kappa shape index (κ3) is 5.33. The Hall–Kier alpha value is -1.93. The molecule has 8 heteroatoms. The maximum atomic E-state index is 13.5. The highest BCUT2D eigenvalue weighted by atomic mass is 32.2. The third-order valence-corrected chi connectivity index (χ3v) is 9.45. The summed E-state index contributed by atoms with van der Waals surface area (Å²) in [5.74, 6) is 1.57. The van der Waals surface area contributed by atoms with Crippen LogP contribution in [0.5, 0.6) is 0 Å². The second-order valence-electron chi connectivity index (χ2n) is 11.2. The molecule has 4 bridgehead atoms. The summed E-state index contributed by atoms with van der Waals surface area (Å²) >= 11 is 0. The SMILES string of the molecule is CCCCNS(=O)(=O)c1cccc(NC(=O)C(NC(=O)C23CC4CC(CC(C4)C2)C3)C(C)C)c1. The molecule has 1 aromatic rings. The number of anilines is 1.